The van der Waals surface area contributed by atoms with Crippen molar-refractivity contribution in [1.29, 1.82) is 0 Å². The van der Waals surface area contributed by atoms with Gasteiger partial charge in [0.1, 0.15) is 5.75 Å². The quantitative estimate of drug-likeness (QED) is 0.620. The molecule has 1 aliphatic heterocycles. The third-order valence-electron chi connectivity index (χ3n) is 4.65. The Morgan fingerprint density at radius 2 is 1.96 bits per heavy atom. The summed E-state index contributed by atoms with van der Waals surface area (Å²) < 4.78 is 10.7. The van der Waals surface area contributed by atoms with Gasteiger partial charge in [-0.1, -0.05) is 12.1 Å². The van der Waals surface area contributed by atoms with Crippen molar-refractivity contribution in [3.05, 3.63) is 54.0 Å². The molecule has 136 valence electrons. The summed E-state index contributed by atoms with van der Waals surface area (Å²) in [6.45, 7) is 2.89. The minimum absolute atomic E-state index is 0. The van der Waals surface area contributed by atoms with Crippen molar-refractivity contribution in [3.8, 4) is 5.75 Å². The van der Waals surface area contributed by atoms with Gasteiger partial charge in [-0.15, -0.1) is 0 Å². The summed E-state index contributed by atoms with van der Waals surface area (Å²) in [6, 6.07) is 11.7. The number of nitrogens with one attached hydrogen (secondary N) is 2. The van der Waals surface area contributed by atoms with Gasteiger partial charge in [0.05, 0.1) is 39.4 Å². The number of likely N-dealkylation sites (tertiary alicyclic amines) is 1. The van der Waals surface area contributed by atoms with Crippen molar-refractivity contribution in [2.75, 3.05) is 26.7 Å². The smallest absolute Gasteiger partial charge is 0.224 e. The lowest BCUT2D eigenvalue weighted by Gasteiger charge is -2.23. The normalized spacial score (nSPS) is 15.4. The number of amides is 1. The molecule has 2 N–H and O–H groups in total. The highest BCUT2D eigenvalue weighted by Crippen LogP contribution is 2.13. The molecule has 0 bridgehead atoms. The van der Waals surface area contributed by atoms with Crippen LogP contribution in [0.1, 0.15) is 30.2 Å². The molecule has 1 aliphatic rings. The first kappa shape index (κ1) is 19.3. The Bertz CT molecular complexity index is 637. The summed E-state index contributed by atoms with van der Waals surface area (Å²) in [6.07, 6.45) is 4.57. The number of carbonyl (C=O) groups is 1. The highest BCUT2D eigenvalue weighted by atomic mass is 35.5. The van der Waals surface area contributed by atoms with E-state index in [1.165, 1.54) is 17.7 Å². The van der Waals surface area contributed by atoms with Gasteiger partial charge in [0, 0.05) is 12.8 Å². The number of rotatable bonds is 7. The molecule has 1 aromatic heterocycles. The standard InChI is InChI=1S/C19H24N2O3.ClH/c1-23-16-8-6-15(7-9-16)13-19(22)20-14-17(18-5-4-12-24-18)21-10-2-3-11-21;/h4-9,12,17H,2-3,10-11,13-14H2,1H3,(H,20,22);1H. The van der Waals surface area contributed by atoms with Crippen LogP contribution in [0.3, 0.4) is 0 Å². The molecule has 1 saturated heterocycles. The number of methoxy groups -OCH3 is 1. The Hall–Kier alpha value is -1.98. The van der Waals surface area contributed by atoms with E-state index in [0.29, 0.717) is 13.0 Å². The van der Waals surface area contributed by atoms with Gasteiger partial charge < -0.3 is 31.8 Å². The number of halogens is 1. The van der Waals surface area contributed by atoms with Crippen LogP contribution in [0.2, 0.25) is 0 Å². The van der Waals surface area contributed by atoms with Crippen molar-refractivity contribution in [3.63, 3.8) is 0 Å². The number of ether oxygens (including phenoxy) is 1. The minimum atomic E-state index is 0. The zero-order chi connectivity index (χ0) is 16.8. The second-order valence-corrected chi connectivity index (χ2v) is 6.26. The van der Waals surface area contributed by atoms with E-state index < -0.39 is 0 Å². The Morgan fingerprint density at radius 3 is 2.56 bits per heavy atom. The zero-order valence-electron chi connectivity index (χ0n) is 14.5. The Kier molecular flexibility index (Phi) is 7.34. The summed E-state index contributed by atoms with van der Waals surface area (Å²) in [5.74, 6) is 1.79. The Balaban J connectivity index is 0.00000225. The van der Waals surface area contributed by atoms with Crippen LogP contribution in [0.25, 0.3) is 0 Å². The summed E-state index contributed by atoms with van der Waals surface area (Å²) in [7, 11) is 1.64. The number of hydrogen-bond acceptors (Lipinski definition) is 3. The predicted octanol–water partition coefficient (Wildman–Crippen LogP) is -1.63. The van der Waals surface area contributed by atoms with E-state index in [0.717, 1.165) is 30.2 Å². The maximum Gasteiger partial charge on any atom is 0.224 e. The number of quaternary nitrogens is 1. The highest BCUT2D eigenvalue weighted by molar-refractivity contribution is 5.78. The van der Waals surface area contributed by atoms with Crippen molar-refractivity contribution < 1.29 is 31.3 Å². The van der Waals surface area contributed by atoms with E-state index >= 15 is 0 Å². The minimum Gasteiger partial charge on any atom is -1.00 e. The molecule has 1 unspecified atom stereocenters. The van der Waals surface area contributed by atoms with E-state index in [2.05, 4.69) is 5.32 Å². The molecule has 1 amide bonds. The summed E-state index contributed by atoms with van der Waals surface area (Å²) >= 11 is 0. The van der Waals surface area contributed by atoms with E-state index in [1.54, 1.807) is 13.4 Å². The van der Waals surface area contributed by atoms with E-state index in [1.807, 2.05) is 36.4 Å². The first-order valence-corrected chi connectivity index (χ1v) is 8.54. The molecule has 2 aromatic rings. The maximum atomic E-state index is 12.3. The van der Waals surface area contributed by atoms with Crippen LogP contribution in [0.4, 0.5) is 0 Å². The fourth-order valence-electron chi connectivity index (χ4n) is 3.32. The molecule has 3 rings (SSSR count). The van der Waals surface area contributed by atoms with Crippen LogP contribution in [-0.4, -0.2) is 32.7 Å². The lowest BCUT2D eigenvalue weighted by Crippen LogP contribution is -3.11. The van der Waals surface area contributed by atoms with E-state index in [9.17, 15) is 4.79 Å². The molecule has 25 heavy (non-hydrogen) atoms. The van der Waals surface area contributed by atoms with Crippen LogP contribution in [-0.2, 0) is 11.2 Å². The molecule has 1 atom stereocenters. The lowest BCUT2D eigenvalue weighted by atomic mass is 10.1. The van der Waals surface area contributed by atoms with E-state index in [4.69, 9.17) is 9.15 Å². The average molecular weight is 365 g/mol. The molecule has 0 spiro atoms. The number of furan rings is 1. The summed E-state index contributed by atoms with van der Waals surface area (Å²) in [5.41, 5.74) is 0.983. The van der Waals surface area contributed by atoms with Crippen LogP contribution in [0, 0.1) is 0 Å². The van der Waals surface area contributed by atoms with Crippen molar-refractivity contribution >= 4 is 5.91 Å². The molecule has 2 heterocycles. The fourth-order valence-corrected chi connectivity index (χ4v) is 3.32. The predicted molar refractivity (Wildman–Crippen MR) is 91.1 cm³/mol. The molecule has 0 saturated carbocycles. The SMILES string of the molecule is COc1ccc(CC(=O)NCC(c2ccco2)[NH+]2CCCC2)cc1.[Cl-]. The van der Waals surface area contributed by atoms with Gasteiger partial charge in [-0.05, 0) is 29.8 Å². The Morgan fingerprint density at radius 1 is 1.24 bits per heavy atom. The van der Waals surface area contributed by atoms with Gasteiger partial charge in [0.2, 0.25) is 5.91 Å². The summed E-state index contributed by atoms with van der Waals surface area (Å²) in [4.78, 5) is 13.8. The molecule has 5 nitrogen and oxygen atoms in total. The maximum absolute atomic E-state index is 12.3. The molecule has 0 aliphatic carbocycles. The topological polar surface area (TPSA) is 55.9 Å². The third kappa shape index (κ3) is 5.25. The molecule has 1 aromatic carbocycles. The van der Waals surface area contributed by atoms with Crippen LogP contribution in [0.15, 0.2) is 47.1 Å². The van der Waals surface area contributed by atoms with Crippen LogP contribution in [0.5, 0.6) is 5.75 Å². The molecule has 1 fully saturated rings. The van der Waals surface area contributed by atoms with Crippen LogP contribution < -0.4 is 27.4 Å². The molecular formula is C19H25ClN2O3. The Labute approximate surface area is 154 Å². The fraction of sp³-hybridized carbons (Fsp3) is 0.421. The van der Waals surface area contributed by atoms with Gasteiger partial charge in [-0.3, -0.25) is 4.79 Å². The first-order chi connectivity index (χ1) is 11.8. The van der Waals surface area contributed by atoms with Gasteiger partial charge in [-0.2, -0.15) is 0 Å². The van der Waals surface area contributed by atoms with Gasteiger partial charge >= 0.3 is 0 Å². The monoisotopic (exact) mass is 364 g/mol. The van der Waals surface area contributed by atoms with Crippen molar-refractivity contribution in [2.45, 2.75) is 25.3 Å². The van der Waals surface area contributed by atoms with Crippen molar-refractivity contribution in [1.82, 2.24) is 5.32 Å². The largest absolute Gasteiger partial charge is 1.00 e. The molecule has 6 heteroatoms. The zero-order valence-corrected chi connectivity index (χ0v) is 15.2. The third-order valence-corrected chi connectivity index (χ3v) is 4.65. The van der Waals surface area contributed by atoms with Gasteiger partial charge in [-0.25, -0.2) is 0 Å². The average Bonchev–Trinajstić information content (AvgIpc) is 3.30. The summed E-state index contributed by atoms with van der Waals surface area (Å²) in [5, 5.41) is 3.07. The number of hydrogen-bond donors (Lipinski definition) is 2. The van der Waals surface area contributed by atoms with E-state index in [-0.39, 0.29) is 24.4 Å². The first-order valence-electron chi connectivity index (χ1n) is 8.54. The highest BCUT2D eigenvalue weighted by Gasteiger charge is 2.29. The number of carbonyl (C=O) groups excluding carboxylic acids is 1. The van der Waals surface area contributed by atoms with Gasteiger partial charge in [0.15, 0.2) is 11.8 Å². The van der Waals surface area contributed by atoms with Crippen LogP contribution >= 0.6 is 0 Å². The number of benzene rings is 1. The molecular weight excluding hydrogens is 340 g/mol. The second kappa shape index (κ2) is 9.49. The van der Waals surface area contributed by atoms with Gasteiger partial charge in [0.25, 0.3) is 0 Å². The molecule has 0 radical (unpaired) electrons. The second-order valence-electron chi connectivity index (χ2n) is 6.26. The lowest BCUT2D eigenvalue weighted by molar-refractivity contribution is -0.919. The van der Waals surface area contributed by atoms with Crippen molar-refractivity contribution in [2.24, 2.45) is 0 Å².